The second kappa shape index (κ2) is 8.20. The second-order valence-electron chi connectivity index (χ2n) is 4.66. The first kappa shape index (κ1) is 16.0. The van der Waals surface area contributed by atoms with E-state index in [1.807, 2.05) is 25.1 Å². The van der Waals surface area contributed by atoms with Gasteiger partial charge in [0.1, 0.15) is 5.75 Å². The maximum atomic E-state index is 11.5. The number of esters is 1. The summed E-state index contributed by atoms with van der Waals surface area (Å²) < 4.78 is 4.97. The zero-order valence-corrected chi connectivity index (χ0v) is 12.3. The van der Waals surface area contributed by atoms with Crippen molar-refractivity contribution in [3.8, 4) is 5.75 Å². The third-order valence-corrected chi connectivity index (χ3v) is 3.11. The third-order valence-electron chi connectivity index (χ3n) is 3.11. The summed E-state index contributed by atoms with van der Waals surface area (Å²) in [6, 6.07) is 7.04. The number of allylic oxidation sites excluding steroid dienone is 2. The minimum Gasteiger partial charge on any atom is -0.508 e. The molecule has 108 valence electrons. The molecular formula is C17H22O3. The maximum absolute atomic E-state index is 11.5. The Labute approximate surface area is 120 Å². The largest absolute Gasteiger partial charge is 0.508 e. The van der Waals surface area contributed by atoms with Crippen LogP contribution in [0.15, 0.2) is 41.5 Å². The van der Waals surface area contributed by atoms with Crippen molar-refractivity contribution in [2.24, 2.45) is 0 Å². The number of hydrogen-bond donors (Lipinski definition) is 1. The van der Waals surface area contributed by atoms with Crippen molar-refractivity contribution >= 4 is 12.0 Å². The number of hydrogen-bond acceptors (Lipinski definition) is 3. The molecule has 0 saturated heterocycles. The lowest BCUT2D eigenvalue weighted by molar-refractivity contribution is -0.138. The number of ether oxygens (including phenoxy) is 1. The molecule has 1 N–H and O–H groups in total. The molecule has 0 atom stereocenters. The van der Waals surface area contributed by atoms with E-state index in [9.17, 15) is 9.90 Å². The summed E-state index contributed by atoms with van der Waals surface area (Å²) in [6.45, 7) is 5.97. The number of aromatic hydroxyl groups is 1. The van der Waals surface area contributed by atoms with Crippen LogP contribution in [0.4, 0.5) is 0 Å². The fraction of sp³-hybridized carbons (Fsp3) is 0.353. The van der Waals surface area contributed by atoms with Crippen LogP contribution in [0.1, 0.15) is 39.2 Å². The number of benzene rings is 1. The number of carbonyl (C=O) groups is 1. The molecule has 1 rings (SSSR count). The van der Waals surface area contributed by atoms with Gasteiger partial charge in [-0.25, -0.2) is 4.79 Å². The Morgan fingerprint density at radius 1 is 1.25 bits per heavy atom. The lowest BCUT2D eigenvalue weighted by atomic mass is 10.1. The highest BCUT2D eigenvalue weighted by Crippen LogP contribution is 2.14. The molecule has 1 aromatic rings. The first-order valence-corrected chi connectivity index (χ1v) is 6.83. The van der Waals surface area contributed by atoms with Crippen molar-refractivity contribution in [1.29, 1.82) is 0 Å². The number of rotatable bonds is 6. The van der Waals surface area contributed by atoms with Gasteiger partial charge in [0.2, 0.25) is 0 Å². The van der Waals surface area contributed by atoms with Crippen LogP contribution in [0, 0.1) is 0 Å². The molecule has 0 fully saturated rings. The summed E-state index contributed by atoms with van der Waals surface area (Å²) >= 11 is 0. The van der Waals surface area contributed by atoms with E-state index in [1.165, 1.54) is 0 Å². The first-order chi connectivity index (χ1) is 9.54. The Morgan fingerprint density at radius 2 is 1.90 bits per heavy atom. The van der Waals surface area contributed by atoms with Crippen LogP contribution in [0.2, 0.25) is 0 Å². The molecule has 0 aliphatic heterocycles. The quantitative estimate of drug-likeness (QED) is 0.628. The second-order valence-corrected chi connectivity index (χ2v) is 4.66. The minimum atomic E-state index is -0.229. The van der Waals surface area contributed by atoms with Crippen molar-refractivity contribution < 1.29 is 14.6 Å². The number of carbonyl (C=O) groups excluding carboxylic acids is 1. The molecule has 0 aromatic heterocycles. The van der Waals surface area contributed by atoms with Crippen LogP contribution in [-0.4, -0.2) is 17.7 Å². The van der Waals surface area contributed by atoms with Gasteiger partial charge in [-0.3, -0.25) is 0 Å². The van der Waals surface area contributed by atoms with E-state index in [0.29, 0.717) is 12.2 Å². The van der Waals surface area contributed by atoms with E-state index < -0.39 is 0 Å². The van der Waals surface area contributed by atoms with Crippen LogP contribution in [0.5, 0.6) is 5.75 Å². The molecule has 0 heterocycles. The van der Waals surface area contributed by atoms with Crippen LogP contribution in [-0.2, 0) is 9.53 Å². The Bertz CT molecular complexity index is 495. The van der Waals surface area contributed by atoms with Crippen molar-refractivity contribution in [2.75, 3.05) is 6.61 Å². The van der Waals surface area contributed by atoms with Crippen LogP contribution >= 0.6 is 0 Å². The van der Waals surface area contributed by atoms with Gasteiger partial charge in [-0.05, 0) is 51.3 Å². The van der Waals surface area contributed by atoms with Crippen LogP contribution in [0.25, 0.3) is 6.08 Å². The predicted octanol–water partition coefficient (Wildman–Crippen LogP) is 4.09. The van der Waals surface area contributed by atoms with E-state index in [1.54, 1.807) is 26.0 Å². The Hall–Kier alpha value is -2.03. The molecule has 0 aliphatic rings. The molecule has 0 bridgehead atoms. The van der Waals surface area contributed by atoms with Gasteiger partial charge in [0.15, 0.2) is 0 Å². The molecule has 0 amide bonds. The van der Waals surface area contributed by atoms with Crippen LogP contribution < -0.4 is 0 Å². The Balaban J connectivity index is 2.49. The van der Waals surface area contributed by atoms with Crippen LogP contribution in [0.3, 0.4) is 0 Å². The summed E-state index contributed by atoms with van der Waals surface area (Å²) in [6.07, 6.45) is 5.77. The molecule has 0 unspecified atom stereocenters. The third kappa shape index (κ3) is 5.31. The maximum Gasteiger partial charge on any atom is 0.333 e. The van der Waals surface area contributed by atoms with E-state index in [-0.39, 0.29) is 11.7 Å². The molecule has 0 saturated carbocycles. The van der Waals surface area contributed by atoms with Gasteiger partial charge in [0, 0.05) is 5.57 Å². The van der Waals surface area contributed by atoms with Gasteiger partial charge in [-0.2, -0.15) is 0 Å². The van der Waals surface area contributed by atoms with Gasteiger partial charge in [-0.15, -0.1) is 0 Å². The molecular weight excluding hydrogens is 252 g/mol. The van der Waals surface area contributed by atoms with Gasteiger partial charge >= 0.3 is 5.97 Å². The first-order valence-electron chi connectivity index (χ1n) is 6.83. The van der Waals surface area contributed by atoms with E-state index in [4.69, 9.17) is 4.74 Å². The molecule has 3 nitrogen and oxygen atoms in total. The van der Waals surface area contributed by atoms with Crippen molar-refractivity contribution in [3.63, 3.8) is 0 Å². The smallest absolute Gasteiger partial charge is 0.333 e. The molecule has 0 radical (unpaired) electrons. The molecule has 20 heavy (non-hydrogen) atoms. The lowest BCUT2D eigenvalue weighted by Crippen LogP contribution is -2.06. The van der Waals surface area contributed by atoms with Gasteiger partial charge in [-0.1, -0.05) is 29.9 Å². The highest BCUT2D eigenvalue weighted by Gasteiger charge is 2.07. The Kier molecular flexibility index (Phi) is 6.57. The van der Waals surface area contributed by atoms with Gasteiger partial charge < -0.3 is 9.84 Å². The Morgan fingerprint density at radius 3 is 2.50 bits per heavy atom. The fourth-order valence-corrected chi connectivity index (χ4v) is 1.71. The summed E-state index contributed by atoms with van der Waals surface area (Å²) in [5, 5.41) is 9.18. The summed E-state index contributed by atoms with van der Waals surface area (Å²) in [7, 11) is 0. The summed E-state index contributed by atoms with van der Waals surface area (Å²) in [5.74, 6) is 0.0403. The number of phenols is 1. The molecule has 3 heteroatoms. The van der Waals surface area contributed by atoms with E-state index in [0.717, 1.165) is 24.0 Å². The fourth-order valence-electron chi connectivity index (χ4n) is 1.71. The van der Waals surface area contributed by atoms with E-state index >= 15 is 0 Å². The van der Waals surface area contributed by atoms with Gasteiger partial charge in [0.25, 0.3) is 0 Å². The van der Waals surface area contributed by atoms with Crippen molar-refractivity contribution in [1.82, 2.24) is 0 Å². The molecule has 1 aromatic carbocycles. The summed E-state index contributed by atoms with van der Waals surface area (Å²) in [5.41, 5.74) is 2.80. The van der Waals surface area contributed by atoms with Gasteiger partial charge in [0.05, 0.1) is 6.61 Å². The molecule has 0 spiro atoms. The number of phenolic OH excluding ortho intramolecular Hbond substituents is 1. The standard InChI is InChI=1S/C17H22O3/c1-4-20-17(19)14(3)13(2)7-5-6-8-15-9-11-16(18)12-10-15/h6,8-12,18H,4-5,7H2,1-3H3/b8-6+,14-13+. The SMILES string of the molecule is CCOC(=O)/C(C)=C(\C)CC/C=C/c1ccc(O)cc1. The monoisotopic (exact) mass is 274 g/mol. The highest BCUT2D eigenvalue weighted by atomic mass is 16.5. The normalized spacial score (nSPS) is 12.3. The minimum absolute atomic E-state index is 0.229. The van der Waals surface area contributed by atoms with Crippen molar-refractivity contribution in [3.05, 3.63) is 47.1 Å². The van der Waals surface area contributed by atoms with Crippen molar-refractivity contribution in [2.45, 2.75) is 33.6 Å². The summed E-state index contributed by atoms with van der Waals surface area (Å²) in [4.78, 5) is 11.5. The zero-order valence-electron chi connectivity index (χ0n) is 12.3. The average Bonchev–Trinajstić information content (AvgIpc) is 2.44. The molecule has 0 aliphatic carbocycles. The topological polar surface area (TPSA) is 46.5 Å². The highest BCUT2D eigenvalue weighted by molar-refractivity contribution is 5.88. The zero-order chi connectivity index (χ0) is 15.0. The lowest BCUT2D eigenvalue weighted by Gasteiger charge is -2.06. The average molecular weight is 274 g/mol. The van der Waals surface area contributed by atoms with E-state index in [2.05, 4.69) is 6.08 Å². The predicted molar refractivity (Wildman–Crippen MR) is 81.4 cm³/mol.